The zero-order valence-corrected chi connectivity index (χ0v) is 18.3. The Hall–Kier alpha value is -3.58. The highest BCUT2D eigenvalue weighted by molar-refractivity contribution is 5.89. The van der Waals surface area contributed by atoms with Crippen LogP contribution in [0.15, 0.2) is 84.2 Å². The second kappa shape index (κ2) is 12.2. The quantitative estimate of drug-likeness (QED) is 0.295. The van der Waals surface area contributed by atoms with Gasteiger partial charge in [0.05, 0.1) is 5.70 Å². The number of hydrogen-bond donors (Lipinski definition) is 4. The molecule has 164 valence electrons. The summed E-state index contributed by atoms with van der Waals surface area (Å²) in [6, 6.07) is 7.37. The van der Waals surface area contributed by atoms with E-state index in [0.29, 0.717) is 5.70 Å². The number of carbonyl (C=O) groups excluding carboxylic acids is 1. The summed E-state index contributed by atoms with van der Waals surface area (Å²) in [4.78, 5) is 18.0. The molecule has 31 heavy (non-hydrogen) atoms. The number of rotatable bonds is 8. The number of nitrogens with two attached hydrogens (primary N) is 1. The molecule has 0 radical (unpaired) electrons. The number of allylic oxidation sites excluding steroid dienone is 6. The maximum Gasteiger partial charge on any atom is 0.221 e. The smallest absolute Gasteiger partial charge is 0.221 e. The van der Waals surface area contributed by atoms with E-state index in [1.807, 2.05) is 49.4 Å². The minimum atomic E-state index is -0.117. The number of guanidine groups is 1. The normalized spacial score (nSPS) is 16.0. The van der Waals surface area contributed by atoms with Crippen LogP contribution in [-0.4, -0.2) is 42.9 Å². The summed E-state index contributed by atoms with van der Waals surface area (Å²) < 4.78 is 0. The maximum atomic E-state index is 11.2. The molecular formula is C24H32N6O. The molecule has 0 atom stereocenters. The van der Waals surface area contributed by atoms with Crippen molar-refractivity contribution in [3.05, 3.63) is 84.8 Å². The van der Waals surface area contributed by atoms with E-state index in [1.165, 1.54) is 6.92 Å². The molecular weight excluding hydrogens is 388 g/mol. The van der Waals surface area contributed by atoms with E-state index in [1.54, 1.807) is 12.2 Å². The van der Waals surface area contributed by atoms with Crippen molar-refractivity contribution in [2.45, 2.75) is 13.8 Å². The lowest BCUT2D eigenvalue weighted by molar-refractivity contribution is -0.114. The topological polar surface area (TPSA) is 94.8 Å². The highest BCUT2D eigenvalue weighted by Gasteiger charge is 2.09. The molecule has 0 unspecified atom stereocenters. The fourth-order valence-electron chi connectivity index (χ4n) is 3.07. The lowest BCUT2D eigenvalue weighted by atomic mass is 10.1. The lowest BCUT2D eigenvalue weighted by Crippen LogP contribution is -2.42. The van der Waals surface area contributed by atoms with Crippen LogP contribution in [0.5, 0.6) is 0 Å². The summed E-state index contributed by atoms with van der Waals surface area (Å²) in [7, 11) is 0. The summed E-state index contributed by atoms with van der Waals surface area (Å²) >= 11 is 0. The predicted molar refractivity (Wildman–Crippen MR) is 130 cm³/mol. The second-order valence-electron chi connectivity index (χ2n) is 7.05. The predicted octanol–water partition coefficient (Wildman–Crippen LogP) is 2.96. The van der Waals surface area contributed by atoms with Gasteiger partial charge in [0.2, 0.25) is 5.91 Å². The van der Waals surface area contributed by atoms with Crippen molar-refractivity contribution in [3.63, 3.8) is 0 Å². The molecule has 7 heteroatoms. The highest BCUT2D eigenvalue weighted by Crippen LogP contribution is 2.19. The van der Waals surface area contributed by atoms with Crippen LogP contribution >= 0.6 is 0 Å². The molecule has 0 aromatic heterocycles. The Morgan fingerprint density at radius 2 is 1.81 bits per heavy atom. The zero-order valence-electron chi connectivity index (χ0n) is 18.3. The van der Waals surface area contributed by atoms with Crippen LogP contribution in [0, 0.1) is 0 Å². The molecule has 1 amide bonds. The Balaban J connectivity index is 2.11. The number of benzene rings is 1. The van der Waals surface area contributed by atoms with Crippen molar-refractivity contribution in [1.29, 1.82) is 0 Å². The summed E-state index contributed by atoms with van der Waals surface area (Å²) in [5.41, 5.74) is 10.3. The van der Waals surface area contributed by atoms with Crippen LogP contribution in [0.1, 0.15) is 19.4 Å². The van der Waals surface area contributed by atoms with Crippen molar-refractivity contribution >= 4 is 23.3 Å². The first-order valence-electron chi connectivity index (χ1n) is 10.2. The van der Waals surface area contributed by atoms with E-state index >= 15 is 0 Å². The minimum Gasteiger partial charge on any atom is -0.369 e. The van der Waals surface area contributed by atoms with Gasteiger partial charge in [0.1, 0.15) is 0 Å². The molecule has 0 bridgehead atoms. The monoisotopic (exact) mass is 420 g/mol. The van der Waals surface area contributed by atoms with E-state index in [0.717, 1.165) is 48.8 Å². The molecule has 1 fully saturated rings. The Labute approximate surface area is 184 Å². The first-order valence-corrected chi connectivity index (χ1v) is 10.2. The third-order valence-corrected chi connectivity index (χ3v) is 4.54. The molecule has 2 rings (SSSR count). The fourth-order valence-corrected chi connectivity index (χ4v) is 3.07. The van der Waals surface area contributed by atoms with Gasteiger partial charge in [-0.25, -0.2) is 4.99 Å². The zero-order chi connectivity index (χ0) is 22.6. The first kappa shape index (κ1) is 23.7. The molecule has 1 aromatic carbocycles. The van der Waals surface area contributed by atoms with Gasteiger partial charge in [-0.15, -0.1) is 0 Å². The molecule has 1 heterocycles. The fraction of sp³-hybridized carbons (Fsp3) is 0.250. The van der Waals surface area contributed by atoms with Crippen molar-refractivity contribution in [2.24, 2.45) is 10.7 Å². The van der Waals surface area contributed by atoms with Crippen LogP contribution in [0.2, 0.25) is 0 Å². The van der Waals surface area contributed by atoms with Gasteiger partial charge in [-0.2, -0.15) is 0 Å². The molecule has 0 saturated carbocycles. The average molecular weight is 421 g/mol. The Kier molecular flexibility index (Phi) is 9.32. The Bertz CT molecular complexity index is 903. The SMILES string of the molecule is C=C/C=C(\N=C(N)N/C(C)=C/C=C(\C=C)N1CCNCC1)c1ccc(NC(C)=O)cc1. The molecule has 0 spiro atoms. The van der Waals surface area contributed by atoms with Crippen molar-refractivity contribution in [3.8, 4) is 0 Å². The molecule has 5 N–H and O–H groups in total. The van der Waals surface area contributed by atoms with E-state index in [-0.39, 0.29) is 11.9 Å². The van der Waals surface area contributed by atoms with Crippen molar-refractivity contribution in [1.82, 2.24) is 15.5 Å². The second-order valence-corrected chi connectivity index (χ2v) is 7.05. The van der Waals surface area contributed by atoms with Gasteiger partial charge in [0, 0.05) is 55.7 Å². The maximum absolute atomic E-state index is 11.2. The van der Waals surface area contributed by atoms with E-state index in [9.17, 15) is 4.79 Å². The summed E-state index contributed by atoms with van der Waals surface area (Å²) in [6.45, 7) is 14.9. The van der Waals surface area contributed by atoms with E-state index in [4.69, 9.17) is 5.73 Å². The number of aliphatic imine (C=N–C) groups is 1. The molecule has 1 aliphatic heterocycles. The van der Waals surface area contributed by atoms with Crippen molar-refractivity contribution < 1.29 is 4.79 Å². The summed E-state index contributed by atoms with van der Waals surface area (Å²) in [5, 5.41) is 9.19. The van der Waals surface area contributed by atoms with Gasteiger partial charge in [-0.1, -0.05) is 31.4 Å². The molecule has 1 aromatic rings. The molecule has 7 nitrogen and oxygen atoms in total. The molecule has 0 aliphatic carbocycles. The van der Waals surface area contributed by atoms with Crippen molar-refractivity contribution in [2.75, 3.05) is 31.5 Å². The van der Waals surface area contributed by atoms with Gasteiger partial charge in [-0.3, -0.25) is 4.79 Å². The third kappa shape index (κ3) is 7.98. The van der Waals surface area contributed by atoms with Crippen LogP contribution in [-0.2, 0) is 4.79 Å². The van der Waals surface area contributed by atoms with Gasteiger partial charge >= 0.3 is 0 Å². The number of nitrogens with one attached hydrogen (secondary N) is 3. The van der Waals surface area contributed by atoms with E-state index < -0.39 is 0 Å². The Morgan fingerprint density at radius 3 is 2.39 bits per heavy atom. The van der Waals surface area contributed by atoms with Gasteiger partial charge in [-0.05, 0) is 43.4 Å². The molecule has 1 aliphatic rings. The van der Waals surface area contributed by atoms with Gasteiger partial charge in [0.25, 0.3) is 0 Å². The summed E-state index contributed by atoms with van der Waals surface area (Å²) in [5.74, 6) is 0.150. The lowest BCUT2D eigenvalue weighted by Gasteiger charge is -2.30. The van der Waals surface area contributed by atoms with Crippen LogP contribution in [0.3, 0.4) is 0 Å². The number of hydrogen-bond acceptors (Lipinski definition) is 4. The number of carbonyl (C=O) groups is 1. The largest absolute Gasteiger partial charge is 0.369 e. The van der Waals surface area contributed by atoms with Crippen LogP contribution in [0.4, 0.5) is 5.69 Å². The van der Waals surface area contributed by atoms with Gasteiger partial charge < -0.3 is 26.6 Å². The van der Waals surface area contributed by atoms with Crippen LogP contribution < -0.4 is 21.7 Å². The minimum absolute atomic E-state index is 0.117. The number of amides is 1. The summed E-state index contributed by atoms with van der Waals surface area (Å²) in [6.07, 6.45) is 9.28. The van der Waals surface area contributed by atoms with Gasteiger partial charge in [0.15, 0.2) is 5.96 Å². The number of nitrogens with zero attached hydrogens (tertiary/aromatic N) is 2. The highest BCUT2D eigenvalue weighted by atomic mass is 16.1. The first-order chi connectivity index (χ1) is 14.9. The average Bonchev–Trinajstić information content (AvgIpc) is 2.75. The number of anilines is 1. The number of piperazine rings is 1. The third-order valence-electron chi connectivity index (χ3n) is 4.54. The van der Waals surface area contributed by atoms with E-state index in [2.05, 4.69) is 39.0 Å². The standard InChI is InChI=1S/C24H32N6O/c1-5-7-23(20-9-11-21(12-10-20)28-19(4)31)29-24(25)27-18(3)8-13-22(6-2)30-16-14-26-15-17-30/h5-13,26H,1-2,14-17H2,3-4H3,(H,28,31)(H3,25,27,29)/b18-8+,22-13+,23-7-. The molecule has 1 saturated heterocycles. The van der Waals surface area contributed by atoms with Crippen LogP contribution in [0.25, 0.3) is 5.70 Å². The Morgan fingerprint density at radius 1 is 1.13 bits per heavy atom.